The zero-order valence-corrected chi connectivity index (χ0v) is 10.2. The minimum atomic E-state index is 0.254. The lowest BCUT2D eigenvalue weighted by molar-refractivity contribution is -0.0431. The predicted molar refractivity (Wildman–Crippen MR) is 65.7 cm³/mol. The van der Waals surface area contributed by atoms with Crippen LogP contribution in [-0.2, 0) is 4.74 Å². The second-order valence-electron chi connectivity index (χ2n) is 4.83. The minimum absolute atomic E-state index is 0.254. The normalized spacial score (nSPS) is 31.7. The smallest absolute Gasteiger partial charge is 0.0938 e. The molecule has 0 bridgehead atoms. The molecule has 0 aliphatic carbocycles. The second kappa shape index (κ2) is 5.64. The molecule has 0 saturated carbocycles. The van der Waals surface area contributed by atoms with E-state index in [1.54, 1.807) is 0 Å². The Bertz CT molecular complexity index is 255. The summed E-state index contributed by atoms with van der Waals surface area (Å²) in [5.74, 6) is 0.773. The van der Waals surface area contributed by atoms with Crippen molar-refractivity contribution in [1.29, 1.82) is 0 Å². The fraction of sp³-hybridized carbons (Fsp3) is 0.917. The zero-order valence-electron chi connectivity index (χ0n) is 10.2. The van der Waals surface area contributed by atoms with Gasteiger partial charge in [-0.1, -0.05) is 6.92 Å². The molecule has 2 unspecified atom stereocenters. The largest absolute Gasteiger partial charge is 0.387 e. The van der Waals surface area contributed by atoms with Crippen LogP contribution in [0.4, 0.5) is 0 Å². The summed E-state index contributed by atoms with van der Waals surface area (Å²) in [4.78, 5) is 6.94. The molecule has 0 spiro atoms. The summed E-state index contributed by atoms with van der Waals surface area (Å²) in [6.07, 6.45) is 4.84. The summed E-state index contributed by atoms with van der Waals surface area (Å²) in [5.41, 5.74) is 5.79. The third kappa shape index (κ3) is 2.95. The van der Waals surface area contributed by atoms with Gasteiger partial charge in [0.1, 0.15) is 0 Å². The molecule has 2 rings (SSSR count). The van der Waals surface area contributed by atoms with Crippen molar-refractivity contribution in [3.8, 4) is 0 Å². The quantitative estimate of drug-likeness (QED) is 0.574. The summed E-state index contributed by atoms with van der Waals surface area (Å²) in [6.45, 7) is 6.00. The molecule has 2 saturated heterocycles. The van der Waals surface area contributed by atoms with E-state index in [1.807, 2.05) is 0 Å². The second-order valence-corrected chi connectivity index (χ2v) is 4.83. The van der Waals surface area contributed by atoms with Gasteiger partial charge in [-0.05, 0) is 25.8 Å². The Morgan fingerprint density at radius 3 is 3.25 bits per heavy atom. The van der Waals surface area contributed by atoms with Gasteiger partial charge in [-0.25, -0.2) is 0 Å². The van der Waals surface area contributed by atoms with Crippen LogP contribution >= 0.6 is 0 Å². The molecule has 0 amide bonds. The number of ether oxygens (including phenoxy) is 1. The van der Waals surface area contributed by atoms with Crippen molar-refractivity contribution in [1.82, 2.24) is 4.90 Å². The van der Waals surface area contributed by atoms with E-state index in [2.05, 4.69) is 16.8 Å². The molecule has 2 N–H and O–H groups in total. The lowest BCUT2D eigenvalue weighted by atomic mass is 10.2. The van der Waals surface area contributed by atoms with Gasteiger partial charge in [0.25, 0.3) is 0 Å². The molecule has 2 aliphatic rings. The molecule has 92 valence electrons. The molecule has 2 atom stereocenters. The van der Waals surface area contributed by atoms with E-state index >= 15 is 0 Å². The van der Waals surface area contributed by atoms with Gasteiger partial charge in [0, 0.05) is 19.0 Å². The minimum Gasteiger partial charge on any atom is -0.387 e. The van der Waals surface area contributed by atoms with Crippen LogP contribution in [0.2, 0.25) is 0 Å². The first kappa shape index (κ1) is 11.9. The number of fused-ring (bicyclic) bond motifs is 1. The summed E-state index contributed by atoms with van der Waals surface area (Å²) in [6, 6.07) is 0.674. The average molecular weight is 225 g/mol. The van der Waals surface area contributed by atoms with Crippen molar-refractivity contribution in [2.24, 2.45) is 10.7 Å². The van der Waals surface area contributed by atoms with Crippen LogP contribution in [-0.4, -0.2) is 49.1 Å². The maximum atomic E-state index is 5.82. The number of amidine groups is 1. The van der Waals surface area contributed by atoms with Gasteiger partial charge in [0.15, 0.2) is 0 Å². The Balaban J connectivity index is 1.76. The molecule has 2 fully saturated rings. The molecule has 16 heavy (non-hydrogen) atoms. The molecule has 2 heterocycles. The molecule has 0 radical (unpaired) electrons. The average Bonchev–Trinajstić information content (AvgIpc) is 2.74. The monoisotopic (exact) mass is 225 g/mol. The maximum Gasteiger partial charge on any atom is 0.0938 e. The third-order valence-electron chi connectivity index (χ3n) is 3.47. The fourth-order valence-corrected chi connectivity index (χ4v) is 2.55. The summed E-state index contributed by atoms with van der Waals surface area (Å²) >= 11 is 0. The van der Waals surface area contributed by atoms with E-state index in [4.69, 9.17) is 10.5 Å². The van der Waals surface area contributed by atoms with E-state index in [9.17, 15) is 0 Å². The Labute approximate surface area is 97.9 Å². The van der Waals surface area contributed by atoms with Gasteiger partial charge in [-0.2, -0.15) is 0 Å². The molecule has 2 aliphatic heterocycles. The third-order valence-corrected chi connectivity index (χ3v) is 3.47. The van der Waals surface area contributed by atoms with E-state index in [0.29, 0.717) is 6.04 Å². The van der Waals surface area contributed by atoms with Gasteiger partial charge < -0.3 is 10.5 Å². The molecule has 0 aromatic rings. The van der Waals surface area contributed by atoms with Crippen LogP contribution < -0.4 is 5.73 Å². The van der Waals surface area contributed by atoms with Crippen LogP contribution in [0.3, 0.4) is 0 Å². The van der Waals surface area contributed by atoms with Crippen LogP contribution in [0.1, 0.15) is 32.6 Å². The van der Waals surface area contributed by atoms with Crippen molar-refractivity contribution in [2.75, 3.05) is 26.2 Å². The highest BCUT2D eigenvalue weighted by Crippen LogP contribution is 2.22. The van der Waals surface area contributed by atoms with Gasteiger partial charge in [-0.3, -0.25) is 9.89 Å². The van der Waals surface area contributed by atoms with E-state index in [0.717, 1.165) is 38.4 Å². The first-order valence-electron chi connectivity index (χ1n) is 6.44. The SMILES string of the molecule is CCCC(N)=NCC1CN2CCCC2CO1. The molecular formula is C12H23N3O. The van der Waals surface area contributed by atoms with E-state index in [-0.39, 0.29) is 6.10 Å². The summed E-state index contributed by atoms with van der Waals surface area (Å²) in [7, 11) is 0. The number of nitrogens with two attached hydrogens (primary N) is 1. The number of hydrogen-bond donors (Lipinski definition) is 1. The van der Waals surface area contributed by atoms with E-state index in [1.165, 1.54) is 19.4 Å². The van der Waals surface area contributed by atoms with Gasteiger partial charge in [0.05, 0.1) is 25.1 Å². The van der Waals surface area contributed by atoms with Gasteiger partial charge in [-0.15, -0.1) is 0 Å². The number of rotatable bonds is 4. The molecular weight excluding hydrogens is 202 g/mol. The highest BCUT2D eigenvalue weighted by Gasteiger charge is 2.31. The number of nitrogens with zero attached hydrogens (tertiary/aromatic N) is 2. The van der Waals surface area contributed by atoms with Crippen molar-refractivity contribution in [3.05, 3.63) is 0 Å². The highest BCUT2D eigenvalue weighted by molar-refractivity contribution is 5.80. The standard InChI is InChI=1S/C12H23N3O/c1-2-4-12(13)14-7-11-8-15-6-3-5-10(15)9-16-11/h10-11H,2-9H2,1H3,(H2,13,14). The number of hydrogen-bond acceptors (Lipinski definition) is 3. The van der Waals surface area contributed by atoms with Crippen LogP contribution in [0.25, 0.3) is 0 Å². The Kier molecular flexibility index (Phi) is 4.18. The first-order valence-corrected chi connectivity index (χ1v) is 6.44. The van der Waals surface area contributed by atoms with Crippen molar-refractivity contribution < 1.29 is 4.74 Å². The van der Waals surface area contributed by atoms with Crippen LogP contribution in [0.5, 0.6) is 0 Å². The topological polar surface area (TPSA) is 50.8 Å². The number of morpholine rings is 1. The molecule has 0 aromatic heterocycles. The van der Waals surface area contributed by atoms with Crippen LogP contribution in [0.15, 0.2) is 4.99 Å². The van der Waals surface area contributed by atoms with Crippen molar-refractivity contribution in [3.63, 3.8) is 0 Å². The Morgan fingerprint density at radius 1 is 1.56 bits per heavy atom. The maximum absolute atomic E-state index is 5.82. The lowest BCUT2D eigenvalue weighted by Crippen LogP contribution is -2.47. The van der Waals surface area contributed by atoms with Crippen molar-refractivity contribution >= 4 is 5.84 Å². The lowest BCUT2D eigenvalue weighted by Gasteiger charge is -2.34. The number of aliphatic imine (C=N–C) groups is 1. The van der Waals surface area contributed by atoms with Gasteiger partial charge >= 0.3 is 0 Å². The Morgan fingerprint density at radius 2 is 2.44 bits per heavy atom. The molecule has 0 aromatic carbocycles. The summed E-state index contributed by atoms with van der Waals surface area (Å²) < 4.78 is 5.82. The molecule has 4 heteroatoms. The first-order chi connectivity index (χ1) is 7.79. The van der Waals surface area contributed by atoms with Crippen LogP contribution in [0, 0.1) is 0 Å². The molecule has 4 nitrogen and oxygen atoms in total. The zero-order chi connectivity index (χ0) is 11.4. The summed E-state index contributed by atoms with van der Waals surface area (Å²) in [5, 5.41) is 0. The Hall–Kier alpha value is -0.610. The predicted octanol–water partition coefficient (Wildman–Crippen LogP) is 1.01. The highest BCUT2D eigenvalue weighted by atomic mass is 16.5. The fourth-order valence-electron chi connectivity index (χ4n) is 2.55. The van der Waals surface area contributed by atoms with E-state index < -0.39 is 0 Å². The van der Waals surface area contributed by atoms with Crippen molar-refractivity contribution in [2.45, 2.75) is 44.8 Å². The van der Waals surface area contributed by atoms with Gasteiger partial charge in [0.2, 0.25) is 0 Å².